The first-order valence-corrected chi connectivity index (χ1v) is 8.75. The lowest BCUT2D eigenvalue weighted by atomic mass is 9.81. The molecule has 4 rings (SSSR count). The van der Waals surface area contributed by atoms with E-state index in [4.69, 9.17) is 0 Å². The van der Waals surface area contributed by atoms with Crippen molar-refractivity contribution in [1.29, 1.82) is 0 Å². The van der Waals surface area contributed by atoms with Crippen molar-refractivity contribution in [2.45, 2.75) is 11.8 Å². The third-order valence-electron chi connectivity index (χ3n) is 5.12. The number of likely N-dealkylation sites (N-methyl/N-ethyl adjacent to an activating group) is 1. The Balaban J connectivity index is 1.67. The molecule has 2 aliphatic rings. The second-order valence-corrected chi connectivity index (χ2v) is 7.37. The lowest BCUT2D eigenvalue weighted by molar-refractivity contribution is -0.122. The molecular weight excluding hydrogens is 368 g/mol. The maximum atomic E-state index is 12.9. The van der Waals surface area contributed by atoms with E-state index in [0.717, 1.165) is 15.7 Å². The molecule has 24 heavy (non-hydrogen) atoms. The van der Waals surface area contributed by atoms with Crippen molar-refractivity contribution in [2.24, 2.45) is 0 Å². The van der Waals surface area contributed by atoms with Crippen molar-refractivity contribution in [3.63, 3.8) is 0 Å². The Morgan fingerprint density at radius 2 is 1.96 bits per heavy atom. The SMILES string of the molecule is CN1C(=O)[C@@]2(CCN(C(=O)c3cccc(Br)c3)C2)c2ccccc21. The number of likely N-dealkylation sites (tertiary alicyclic amines) is 1. The molecule has 0 radical (unpaired) electrons. The molecule has 0 bridgehead atoms. The zero-order chi connectivity index (χ0) is 16.9. The number of para-hydroxylation sites is 1. The molecule has 2 aromatic rings. The average molecular weight is 385 g/mol. The molecule has 0 unspecified atom stereocenters. The quantitative estimate of drug-likeness (QED) is 0.757. The summed E-state index contributed by atoms with van der Waals surface area (Å²) in [7, 11) is 1.81. The predicted octanol–water partition coefficient (Wildman–Crippen LogP) is 3.21. The maximum Gasteiger partial charge on any atom is 0.253 e. The highest BCUT2D eigenvalue weighted by Crippen LogP contribution is 2.46. The summed E-state index contributed by atoms with van der Waals surface area (Å²) in [5, 5.41) is 0. The van der Waals surface area contributed by atoms with E-state index in [-0.39, 0.29) is 11.8 Å². The molecule has 0 N–H and O–H groups in total. The van der Waals surface area contributed by atoms with Crippen LogP contribution >= 0.6 is 15.9 Å². The highest BCUT2D eigenvalue weighted by atomic mass is 79.9. The topological polar surface area (TPSA) is 40.6 Å². The maximum absolute atomic E-state index is 12.9. The smallest absolute Gasteiger partial charge is 0.253 e. The number of anilines is 1. The Bertz CT molecular complexity index is 851. The summed E-state index contributed by atoms with van der Waals surface area (Å²) in [5.41, 5.74) is 2.06. The summed E-state index contributed by atoms with van der Waals surface area (Å²) in [5.74, 6) is 0.0706. The van der Waals surface area contributed by atoms with E-state index in [1.54, 1.807) is 9.80 Å². The molecule has 2 aliphatic heterocycles. The van der Waals surface area contributed by atoms with Crippen molar-refractivity contribution in [1.82, 2.24) is 4.90 Å². The summed E-state index contributed by atoms with van der Waals surface area (Å²) >= 11 is 3.41. The van der Waals surface area contributed by atoms with E-state index >= 15 is 0 Å². The van der Waals surface area contributed by atoms with Crippen molar-refractivity contribution in [3.05, 3.63) is 64.1 Å². The van der Waals surface area contributed by atoms with Crippen LogP contribution in [0.4, 0.5) is 5.69 Å². The monoisotopic (exact) mass is 384 g/mol. The molecule has 0 aliphatic carbocycles. The van der Waals surface area contributed by atoms with Gasteiger partial charge in [0.25, 0.3) is 5.91 Å². The first kappa shape index (κ1) is 15.4. The second kappa shape index (κ2) is 5.45. The number of hydrogen-bond acceptors (Lipinski definition) is 2. The molecule has 2 aromatic carbocycles. The molecule has 0 saturated carbocycles. The highest BCUT2D eigenvalue weighted by molar-refractivity contribution is 9.10. The number of rotatable bonds is 1. The Morgan fingerprint density at radius 1 is 1.17 bits per heavy atom. The average Bonchev–Trinajstić information content (AvgIpc) is 3.13. The first-order valence-electron chi connectivity index (χ1n) is 7.95. The fourth-order valence-corrected chi connectivity index (χ4v) is 4.30. The van der Waals surface area contributed by atoms with Gasteiger partial charge in [-0.3, -0.25) is 9.59 Å². The van der Waals surface area contributed by atoms with Crippen LogP contribution in [0.15, 0.2) is 53.0 Å². The van der Waals surface area contributed by atoms with E-state index in [1.807, 2.05) is 55.6 Å². The van der Waals surface area contributed by atoms with E-state index in [0.29, 0.717) is 25.1 Å². The number of nitrogens with zero attached hydrogens (tertiary/aromatic N) is 2. The van der Waals surface area contributed by atoms with Gasteiger partial charge in [-0.25, -0.2) is 0 Å². The minimum Gasteiger partial charge on any atom is -0.337 e. The molecule has 2 heterocycles. The fraction of sp³-hybridized carbons (Fsp3) is 0.263. The largest absolute Gasteiger partial charge is 0.337 e. The molecule has 1 fully saturated rings. The summed E-state index contributed by atoms with van der Waals surface area (Å²) in [6.45, 7) is 1.04. The van der Waals surface area contributed by atoms with Crippen molar-refractivity contribution in [3.8, 4) is 0 Å². The lowest BCUT2D eigenvalue weighted by Crippen LogP contribution is -2.42. The van der Waals surface area contributed by atoms with Gasteiger partial charge in [0.05, 0.1) is 5.41 Å². The van der Waals surface area contributed by atoms with Crippen molar-refractivity contribution < 1.29 is 9.59 Å². The minimum atomic E-state index is -0.590. The van der Waals surface area contributed by atoms with Gasteiger partial charge in [0, 0.05) is 35.9 Å². The van der Waals surface area contributed by atoms with Crippen LogP contribution in [0.5, 0.6) is 0 Å². The normalized spacial score (nSPS) is 22.3. The second-order valence-electron chi connectivity index (χ2n) is 6.45. The molecule has 2 amide bonds. The van der Waals surface area contributed by atoms with Gasteiger partial charge in [-0.1, -0.05) is 40.2 Å². The van der Waals surface area contributed by atoms with Crippen molar-refractivity contribution >= 4 is 33.4 Å². The third-order valence-corrected chi connectivity index (χ3v) is 5.62. The third kappa shape index (κ3) is 2.11. The number of carbonyl (C=O) groups excluding carboxylic acids is 2. The molecule has 122 valence electrons. The number of fused-ring (bicyclic) bond motifs is 2. The minimum absolute atomic E-state index is 0.0204. The van der Waals surface area contributed by atoms with Crippen LogP contribution in [0.2, 0.25) is 0 Å². The van der Waals surface area contributed by atoms with Gasteiger partial charge < -0.3 is 9.80 Å². The fourth-order valence-electron chi connectivity index (χ4n) is 3.90. The van der Waals surface area contributed by atoms with E-state index in [2.05, 4.69) is 15.9 Å². The molecule has 1 saturated heterocycles. The van der Waals surface area contributed by atoms with Gasteiger partial charge in [0.2, 0.25) is 5.91 Å². The Labute approximate surface area is 149 Å². The van der Waals surface area contributed by atoms with Crippen LogP contribution in [0.3, 0.4) is 0 Å². The molecule has 0 aromatic heterocycles. The Kier molecular flexibility index (Phi) is 3.49. The van der Waals surface area contributed by atoms with Gasteiger partial charge in [-0.15, -0.1) is 0 Å². The van der Waals surface area contributed by atoms with Crippen LogP contribution < -0.4 is 4.90 Å². The van der Waals surface area contributed by atoms with Gasteiger partial charge in [0.15, 0.2) is 0 Å². The molecule has 4 nitrogen and oxygen atoms in total. The lowest BCUT2D eigenvalue weighted by Gasteiger charge is -2.23. The summed E-state index contributed by atoms with van der Waals surface area (Å²) in [6, 6.07) is 15.3. The van der Waals surface area contributed by atoms with Crippen LogP contribution in [0.1, 0.15) is 22.3 Å². The number of benzene rings is 2. The zero-order valence-electron chi connectivity index (χ0n) is 13.3. The van der Waals surface area contributed by atoms with Crippen molar-refractivity contribution in [2.75, 3.05) is 25.0 Å². The van der Waals surface area contributed by atoms with E-state index in [9.17, 15) is 9.59 Å². The van der Waals surface area contributed by atoms with Crippen LogP contribution in [0, 0.1) is 0 Å². The van der Waals surface area contributed by atoms with Crippen LogP contribution in [-0.2, 0) is 10.2 Å². The standard InChI is InChI=1S/C19H17BrN2O2/c1-21-16-8-3-2-7-15(16)19(18(21)24)9-10-22(12-19)17(23)13-5-4-6-14(20)11-13/h2-8,11H,9-10,12H2,1H3/t19-/m1/s1. The number of amides is 2. The summed E-state index contributed by atoms with van der Waals surface area (Å²) < 4.78 is 0.879. The summed E-state index contributed by atoms with van der Waals surface area (Å²) in [6.07, 6.45) is 0.674. The number of halogens is 1. The Morgan fingerprint density at radius 3 is 2.75 bits per heavy atom. The highest BCUT2D eigenvalue weighted by Gasteiger charge is 2.54. The Hall–Kier alpha value is -2.14. The molecule has 1 spiro atoms. The van der Waals surface area contributed by atoms with Gasteiger partial charge in [-0.2, -0.15) is 0 Å². The van der Waals surface area contributed by atoms with E-state index in [1.165, 1.54) is 0 Å². The van der Waals surface area contributed by atoms with Gasteiger partial charge in [-0.05, 0) is 36.2 Å². The molecule has 1 atom stereocenters. The van der Waals surface area contributed by atoms with E-state index < -0.39 is 5.41 Å². The van der Waals surface area contributed by atoms with Crippen LogP contribution in [-0.4, -0.2) is 36.9 Å². The number of hydrogen-bond donors (Lipinski definition) is 0. The van der Waals surface area contributed by atoms with Crippen LogP contribution in [0.25, 0.3) is 0 Å². The van der Waals surface area contributed by atoms with Gasteiger partial charge >= 0.3 is 0 Å². The molecule has 5 heteroatoms. The first-order chi connectivity index (χ1) is 11.5. The molecular formula is C19H17BrN2O2. The number of carbonyl (C=O) groups is 2. The predicted molar refractivity (Wildman–Crippen MR) is 96.2 cm³/mol. The van der Waals surface area contributed by atoms with Gasteiger partial charge in [0.1, 0.15) is 0 Å². The zero-order valence-corrected chi connectivity index (χ0v) is 14.9. The summed E-state index contributed by atoms with van der Waals surface area (Å²) in [4.78, 5) is 29.3.